The molecule has 1 unspecified atom stereocenters. The molecule has 7 heteroatoms. The average molecular weight is 400 g/mol. The molecular weight excluding hydrogens is 370 g/mol. The molecule has 1 aromatic rings. The van der Waals surface area contributed by atoms with Gasteiger partial charge >= 0.3 is 0 Å². The lowest BCUT2D eigenvalue weighted by atomic mass is 10.1. The lowest BCUT2D eigenvalue weighted by Crippen LogP contribution is -2.47. The Morgan fingerprint density at radius 3 is 2.54 bits per heavy atom. The molecular formula is C19H30ClN3O2S. The monoisotopic (exact) mass is 399 g/mol. The van der Waals surface area contributed by atoms with Crippen molar-refractivity contribution in [3.63, 3.8) is 0 Å². The molecule has 0 aromatic carbocycles. The summed E-state index contributed by atoms with van der Waals surface area (Å²) in [6.07, 6.45) is 9.49. The van der Waals surface area contributed by atoms with Crippen LogP contribution in [-0.2, 0) is 4.79 Å². The average Bonchev–Trinajstić information content (AvgIpc) is 3.26. The number of likely N-dealkylation sites (tertiary alicyclic amines) is 1. The smallest absolute Gasteiger partial charge is 0.264 e. The van der Waals surface area contributed by atoms with E-state index >= 15 is 0 Å². The van der Waals surface area contributed by atoms with E-state index in [1.807, 2.05) is 17.5 Å². The van der Waals surface area contributed by atoms with Gasteiger partial charge in [-0.2, -0.15) is 0 Å². The van der Waals surface area contributed by atoms with E-state index < -0.39 is 0 Å². The molecule has 26 heavy (non-hydrogen) atoms. The molecule has 1 aromatic heterocycles. The van der Waals surface area contributed by atoms with Gasteiger partial charge in [0.25, 0.3) is 5.91 Å². The fourth-order valence-electron chi connectivity index (χ4n) is 3.89. The van der Waals surface area contributed by atoms with Crippen LogP contribution in [-0.4, -0.2) is 48.4 Å². The summed E-state index contributed by atoms with van der Waals surface area (Å²) in [4.78, 5) is 27.5. The normalized spacial score (nSPS) is 21.1. The zero-order chi connectivity index (χ0) is 17.5. The van der Waals surface area contributed by atoms with Crippen LogP contribution in [0.25, 0.3) is 0 Å². The van der Waals surface area contributed by atoms with Crippen molar-refractivity contribution >= 4 is 35.6 Å². The number of nitrogens with one attached hydrogen (secondary N) is 2. The number of nitrogens with zero attached hydrogens (tertiary/aromatic N) is 1. The van der Waals surface area contributed by atoms with Gasteiger partial charge in [-0.1, -0.05) is 31.7 Å². The summed E-state index contributed by atoms with van der Waals surface area (Å²) in [6.45, 7) is 2.12. The minimum absolute atomic E-state index is 0. The lowest BCUT2D eigenvalue weighted by molar-refractivity contribution is -0.124. The summed E-state index contributed by atoms with van der Waals surface area (Å²) in [5, 5.41) is 8.49. The number of rotatable bonds is 6. The second-order valence-electron chi connectivity index (χ2n) is 7.07. The van der Waals surface area contributed by atoms with Crippen LogP contribution in [0.15, 0.2) is 17.5 Å². The van der Waals surface area contributed by atoms with Crippen LogP contribution in [0.4, 0.5) is 0 Å². The van der Waals surface area contributed by atoms with E-state index in [1.54, 1.807) is 4.90 Å². The third-order valence-electron chi connectivity index (χ3n) is 5.26. The van der Waals surface area contributed by atoms with Gasteiger partial charge < -0.3 is 15.5 Å². The van der Waals surface area contributed by atoms with Crippen molar-refractivity contribution in [1.29, 1.82) is 0 Å². The molecule has 1 saturated carbocycles. The van der Waals surface area contributed by atoms with Crippen LogP contribution >= 0.6 is 23.7 Å². The molecule has 1 saturated heterocycles. The molecule has 5 nitrogen and oxygen atoms in total. The minimum atomic E-state index is -0.313. The van der Waals surface area contributed by atoms with Gasteiger partial charge in [0, 0.05) is 25.7 Å². The second kappa shape index (κ2) is 10.9. The first kappa shape index (κ1) is 21.2. The summed E-state index contributed by atoms with van der Waals surface area (Å²) in [7, 11) is 0. The van der Waals surface area contributed by atoms with Gasteiger partial charge in [-0.25, -0.2) is 0 Å². The van der Waals surface area contributed by atoms with Crippen molar-refractivity contribution in [1.82, 2.24) is 15.5 Å². The minimum Gasteiger partial charge on any atom is -0.353 e. The highest BCUT2D eigenvalue weighted by Crippen LogP contribution is 2.22. The summed E-state index contributed by atoms with van der Waals surface area (Å²) >= 11 is 1.44. The zero-order valence-electron chi connectivity index (χ0n) is 15.2. The van der Waals surface area contributed by atoms with E-state index in [2.05, 4.69) is 10.6 Å². The number of hydrogen-bond donors (Lipinski definition) is 2. The first-order valence-corrected chi connectivity index (χ1v) is 10.5. The molecule has 1 aliphatic carbocycles. The third kappa shape index (κ3) is 5.69. The highest BCUT2D eigenvalue weighted by atomic mass is 35.5. The Kier molecular flexibility index (Phi) is 8.88. The van der Waals surface area contributed by atoms with E-state index in [-0.39, 0.29) is 30.3 Å². The lowest BCUT2D eigenvalue weighted by Gasteiger charge is -2.24. The molecule has 0 spiro atoms. The summed E-state index contributed by atoms with van der Waals surface area (Å²) in [5.41, 5.74) is 0. The molecule has 1 aliphatic heterocycles. The summed E-state index contributed by atoms with van der Waals surface area (Å²) < 4.78 is 0. The maximum absolute atomic E-state index is 12.5. The van der Waals surface area contributed by atoms with Crippen LogP contribution in [0.2, 0.25) is 0 Å². The summed E-state index contributed by atoms with van der Waals surface area (Å²) in [6, 6.07) is 3.99. The van der Waals surface area contributed by atoms with E-state index in [0.29, 0.717) is 19.1 Å². The van der Waals surface area contributed by atoms with Gasteiger partial charge in [0.1, 0.15) is 6.04 Å². The molecule has 0 bridgehead atoms. The Labute approximate surface area is 166 Å². The van der Waals surface area contributed by atoms with Gasteiger partial charge in [-0.3, -0.25) is 9.59 Å². The quantitative estimate of drug-likeness (QED) is 0.570. The standard InChI is InChI=1S/C19H29N3O2S.ClH/c23-18(21-12-11-20-15-7-3-1-2-4-8-15)16-9-5-13-22(16)19(24)17-10-6-14-25-17;/h6,10,14-16,20H,1-5,7-9,11-13H2,(H,21,23);1H. The first-order chi connectivity index (χ1) is 12.3. The molecule has 2 fully saturated rings. The second-order valence-corrected chi connectivity index (χ2v) is 8.02. The van der Waals surface area contributed by atoms with Crippen LogP contribution in [0, 0.1) is 0 Å². The molecule has 2 heterocycles. The van der Waals surface area contributed by atoms with Crippen molar-refractivity contribution in [2.75, 3.05) is 19.6 Å². The van der Waals surface area contributed by atoms with Crippen molar-refractivity contribution in [3.05, 3.63) is 22.4 Å². The number of carbonyl (C=O) groups is 2. The molecule has 146 valence electrons. The number of hydrogen-bond acceptors (Lipinski definition) is 4. The van der Waals surface area contributed by atoms with E-state index in [4.69, 9.17) is 0 Å². The molecule has 3 rings (SSSR count). The maximum atomic E-state index is 12.5. The van der Waals surface area contributed by atoms with Crippen LogP contribution in [0.5, 0.6) is 0 Å². The molecule has 0 radical (unpaired) electrons. The Hall–Kier alpha value is -1.11. The Balaban J connectivity index is 0.00000243. The Morgan fingerprint density at radius 1 is 1.08 bits per heavy atom. The first-order valence-electron chi connectivity index (χ1n) is 9.61. The molecule has 1 atom stereocenters. The highest BCUT2D eigenvalue weighted by Gasteiger charge is 2.34. The van der Waals surface area contributed by atoms with Crippen LogP contribution in [0.3, 0.4) is 0 Å². The van der Waals surface area contributed by atoms with Gasteiger partial charge in [-0.15, -0.1) is 23.7 Å². The predicted octanol–water partition coefficient (Wildman–Crippen LogP) is 3.20. The van der Waals surface area contributed by atoms with Crippen molar-refractivity contribution < 1.29 is 9.59 Å². The van der Waals surface area contributed by atoms with Crippen LogP contribution < -0.4 is 10.6 Å². The van der Waals surface area contributed by atoms with Gasteiger partial charge in [-0.05, 0) is 37.1 Å². The topological polar surface area (TPSA) is 61.4 Å². The Bertz CT molecular complexity index is 559. The molecule has 2 amide bonds. The van der Waals surface area contributed by atoms with E-state index in [1.165, 1.54) is 49.9 Å². The summed E-state index contributed by atoms with van der Waals surface area (Å²) in [5.74, 6) is -0.0192. The van der Waals surface area contributed by atoms with E-state index in [0.717, 1.165) is 24.3 Å². The number of amides is 2. The SMILES string of the molecule is Cl.O=C(NCCNC1CCCCCC1)C1CCCN1C(=O)c1cccs1. The van der Waals surface area contributed by atoms with Crippen molar-refractivity contribution in [3.8, 4) is 0 Å². The maximum Gasteiger partial charge on any atom is 0.264 e. The zero-order valence-corrected chi connectivity index (χ0v) is 16.9. The van der Waals surface area contributed by atoms with Gasteiger partial charge in [0.2, 0.25) is 5.91 Å². The Morgan fingerprint density at radius 2 is 1.85 bits per heavy atom. The molecule has 2 N–H and O–H groups in total. The number of thiophene rings is 1. The third-order valence-corrected chi connectivity index (χ3v) is 6.12. The largest absolute Gasteiger partial charge is 0.353 e. The van der Waals surface area contributed by atoms with Crippen molar-refractivity contribution in [2.45, 2.75) is 63.5 Å². The van der Waals surface area contributed by atoms with E-state index in [9.17, 15) is 9.59 Å². The number of halogens is 1. The predicted molar refractivity (Wildman–Crippen MR) is 108 cm³/mol. The fraction of sp³-hybridized carbons (Fsp3) is 0.684. The highest BCUT2D eigenvalue weighted by molar-refractivity contribution is 7.12. The van der Waals surface area contributed by atoms with Crippen LogP contribution in [0.1, 0.15) is 61.0 Å². The van der Waals surface area contributed by atoms with Gasteiger partial charge in [0.15, 0.2) is 0 Å². The number of carbonyl (C=O) groups excluding carboxylic acids is 2. The fourth-order valence-corrected chi connectivity index (χ4v) is 4.57. The van der Waals surface area contributed by atoms with Gasteiger partial charge in [0.05, 0.1) is 4.88 Å². The molecule has 2 aliphatic rings. The van der Waals surface area contributed by atoms with Crippen molar-refractivity contribution in [2.24, 2.45) is 0 Å².